The van der Waals surface area contributed by atoms with Gasteiger partial charge in [0, 0.05) is 37.1 Å². The van der Waals surface area contributed by atoms with Crippen molar-refractivity contribution >= 4 is 29.2 Å². The predicted molar refractivity (Wildman–Crippen MR) is 180 cm³/mol. The van der Waals surface area contributed by atoms with Crippen molar-refractivity contribution < 1.29 is 29.3 Å². The monoisotopic (exact) mass is 650 g/mol. The topological polar surface area (TPSA) is 99.5 Å². The van der Waals surface area contributed by atoms with E-state index in [9.17, 15) is 19.8 Å². The van der Waals surface area contributed by atoms with Crippen LogP contribution in [0.1, 0.15) is 55.7 Å². The number of aliphatic hydroxyl groups excluding tert-OH is 1. The molecule has 248 valence electrons. The summed E-state index contributed by atoms with van der Waals surface area (Å²) in [6.07, 6.45) is 7.06. The van der Waals surface area contributed by atoms with Gasteiger partial charge in [-0.05, 0) is 90.8 Å². The molecule has 6 atom stereocenters. The van der Waals surface area contributed by atoms with E-state index in [2.05, 4.69) is 30.2 Å². The van der Waals surface area contributed by atoms with Crippen molar-refractivity contribution in [3.63, 3.8) is 0 Å². The van der Waals surface area contributed by atoms with Crippen molar-refractivity contribution in [2.45, 2.75) is 62.6 Å². The van der Waals surface area contributed by atoms with Crippen LogP contribution in [0.25, 0.3) is 0 Å². The molecule has 8 nitrogen and oxygen atoms in total. The average molecular weight is 651 g/mol. The summed E-state index contributed by atoms with van der Waals surface area (Å²) in [5.74, 6) is -0.306. The van der Waals surface area contributed by atoms with Crippen LogP contribution in [0, 0.1) is 17.8 Å². The van der Waals surface area contributed by atoms with Crippen LogP contribution in [0.5, 0.6) is 5.75 Å². The number of nitrogens with zero attached hydrogens (tertiary/aromatic N) is 2. The number of halogens is 1. The Morgan fingerprint density at radius 2 is 2.02 bits per heavy atom. The van der Waals surface area contributed by atoms with Gasteiger partial charge in [-0.2, -0.15) is 0 Å². The van der Waals surface area contributed by atoms with Crippen LogP contribution in [-0.2, 0) is 31.8 Å². The van der Waals surface area contributed by atoms with Crippen molar-refractivity contribution in [2.24, 2.45) is 17.8 Å². The second-order valence-corrected chi connectivity index (χ2v) is 14.0. The third kappa shape index (κ3) is 6.57. The quantitative estimate of drug-likeness (QED) is 0.248. The molecule has 1 spiro atoms. The first-order valence-corrected chi connectivity index (χ1v) is 16.6. The third-order valence-electron chi connectivity index (χ3n) is 10.4. The largest absolute Gasteiger partial charge is 0.490 e. The van der Waals surface area contributed by atoms with E-state index in [0.29, 0.717) is 37.0 Å². The highest BCUT2D eigenvalue weighted by Crippen LogP contribution is 2.47. The van der Waals surface area contributed by atoms with Crippen molar-refractivity contribution in [3.05, 3.63) is 83.4 Å². The molecule has 9 heteroatoms. The molecule has 0 unspecified atom stereocenters. The smallest absolute Gasteiger partial charge is 0.343 e. The first-order valence-electron chi connectivity index (χ1n) is 16.2. The maximum Gasteiger partial charge on any atom is 0.343 e. The number of esters is 1. The Kier molecular flexibility index (Phi) is 10.2. The molecule has 1 heterocycles. The molecule has 2 aliphatic carbocycles. The first kappa shape index (κ1) is 34.0. The number of hydrogen-bond donors (Lipinski definition) is 2. The van der Waals surface area contributed by atoms with Crippen LogP contribution in [0.4, 0.5) is 5.69 Å². The summed E-state index contributed by atoms with van der Waals surface area (Å²) >= 11 is 6.41. The van der Waals surface area contributed by atoms with Gasteiger partial charge < -0.3 is 29.5 Å². The molecule has 0 bridgehead atoms. The molecule has 0 saturated heterocycles. The number of rotatable bonds is 11. The number of carbonyl (C=O) groups is 2. The lowest BCUT2D eigenvalue weighted by molar-refractivity contribution is -0.168. The number of aryl methyl sites for hydroxylation is 1. The van der Waals surface area contributed by atoms with Gasteiger partial charge in [0.25, 0.3) is 0 Å². The van der Waals surface area contributed by atoms with E-state index in [1.807, 2.05) is 13.0 Å². The maximum atomic E-state index is 13.3. The summed E-state index contributed by atoms with van der Waals surface area (Å²) in [6, 6.07) is 11.3. The highest BCUT2D eigenvalue weighted by atomic mass is 35.5. The second-order valence-electron chi connectivity index (χ2n) is 13.5. The lowest BCUT2D eigenvalue weighted by Crippen LogP contribution is -2.49. The van der Waals surface area contributed by atoms with Gasteiger partial charge in [0.2, 0.25) is 5.91 Å². The van der Waals surface area contributed by atoms with E-state index in [0.717, 1.165) is 37.8 Å². The summed E-state index contributed by atoms with van der Waals surface area (Å²) < 4.78 is 11.7. The number of anilines is 1. The minimum absolute atomic E-state index is 0.0431. The van der Waals surface area contributed by atoms with E-state index in [4.69, 9.17) is 21.1 Å². The Labute approximate surface area is 277 Å². The van der Waals surface area contributed by atoms with Crippen LogP contribution >= 0.6 is 11.6 Å². The Balaban J connectivity index is 1.55. The SMILES string of the molecule is C=C[C@H](C)CN(C)C(=O)C[C@@](O)(C(=O)OC)c1ccc2c(c1)N(C[C@@H]1CC[C@H]1[C@@H](O)C=C)C[C@@]1(CCCc3cc(Cl)ccc31)CO2. The van der Waals surface area contributed by atoms with Crippen molar-refractivity contribution in [2.75, 3.05) is 45.3 Å². The Morgan fingerprint density at radius 3 is 2.70 bits per heavy atom. The van der Waals surface area contributed by atoms with Gasteiger partial charge in [-0.15, -0.1) is 13.2 Å². The number of fused-ring (bicyclic) bond motifs is 3. The molecule has 5 rings (SSSR count). The van der Waals surface area contributed by atoms with E-state index in [1.54, 1.807) is 37.4 Å². The molecule has 1 saturated carbocycles. The van der Waals surface area contributed by atoms with Crippen LogP contribution < -0.4 is 9.64 Å². The van der Waals surface area contributed by atoms with Gasteiger partial charge in [-0.1, -0.05) is 42.8 Å². The molecule has 2 aromatic rings. The minimum Gasteiger partial charge on any atom is -0.490 e. The van der Waals surface area contributed by atoms with E-state index < -0.39 is 30.0 Å². The number of carbonyl (C=O) groups excluding carboxylic acids is 2. The summed E-state index contributed by atoms with van der Waals surface area (Å²) in [4.78, 5) is 30.3. The molecule has 0 aromatic heterocycles. The van der Waals surface area contributed by atoms with Crippen molar-refractivity contribution in [1.82, 2.24) is 4.90 Å². The van der Waals surface area contributed by atoms with E-state index in [1.165, 1.54) is 23.1 Å². The summed E-state index contributed by atoms with van der Waals surface area (Å²) in [6.45, 7) is 11.7. The number of benzene rings is 2. The highest BCUT2D eigenvalue weighted by Gasteiger charge is 2.46. The summed E-state index contributed by atoms with van der Waals surface area (Å²) in [5.41, 5.74) is 0.921. The molecule has 1 fully saturated rings. The predicted octanol–water partition coefficient (Wildman–Crippen LogP) is 5.42. The van der Waals surface area contributed by atoms with Gasteiger partial charge in [0.15, 0.2) is 5.60 Å². The molecule has 2 aromatic carbocycles. The zero-order valence-corrected chi connectivity index (χ0v) is 28.0. The first-order chi connectivity index (χ1) is 21.9. The standard InChI is InChI=1S/C37H47ClN2O6/c1-6-24(3)20-39(4)34(42)19-37(44,35(43)45-5)27-11-15-33-31(18-27)40(21-26-10-13-29(26)32(41)7-2)22-36(23-46-33)16-8-9-25-17-28(38)12-14-30(25)36/h6-7,11-12,14-15,17-18,24,26,29,32,41,44H,1-2,8-10,13,16,19-23H2,3-5H3/t24-,26-,29+,32-,36-,37-/m0/s1. The zero-order chi connectivity index (χ0) is 33.2. The summed E-state index contributed by atoms with van der Waals surface area (Å²) in [7, 11) is 2.85. The lowest BCUT2D eigenvalue weighted by Gasteiger charge is -2.45. The lowest BCUT2D eigenvalue weighted by atomic mass is 9.68. The summed E-state index contributed by atoms with van der Waals surface area (Å²) in [5, 5.41) is 23.3. The van der Waals surface area contributed by atoms with Crippen LogP contribution in [-0.4, -0.2) is 73.5 Å². The number of ether oxygens (including phenoxy) is 2. The fourth-order valence-electron chi connectivity index (χ4n) is 7.52. The van der Waals surface area contributed by atoms with Crippen molar-refractivity contribution in [1.29, 1.82) is 0 Å². The molecule has 46 heavy (non-hydrogen) atoms. The number of methoxy groups -OCH3 is 1. The maximum absolute atomic E-state index is 13.3. The molecule has 0 radical (unpaired) electrons. The van der Waals surface area contributed by atoms with Gasteiger partial charge in [0.1, 0.15) is 5.75 Å². The fourth-order valence-corrected chi connectivity index (χ4v) is 7.72. The Bertz CT molecular complexity index is 1480. The average Bonchev–Trinajstić information content (AvgIpc) is 3.18. The van der Waals surface area contributed by atoms with E-state index >= 15 is 0 Å². The second kappa shape index (κ2) is 13.8. The van der Waals surface area contributed by atoms with Crippen LogP contribution in [0.15, 0.2) is 61.7 Å². The Hall–Kier alpha value is -3.33. The van der Waals surface area contributed by atoms with Gasteiger partial charge in [0.05, 0.1) is 31.9 Å². The number of hydrogen-bond acceptors (Lipinski definition) is 7. The third-order valence-corrected chi connectivity index (χ3v) is 10.7. The van der Waals surface area contributed by atoms with E-state index in [-0.39, 0.29) is 28.7 Å². The van der Waals surface area contributed by atoms with Gasteiger partial charge in [-0.25, -0.2) is 4.79 Å². The number of aliphatic hydroxyl groups is 2. The highest BCUT2D eigenvalue weighted by molar-refractivity contribution is 6.30. The molecule has 1 aliphatic heterocycles. The number of amides is 1. The Morgan fingerprint density at radius 1 is 1.24 bits per heavy atom. The van der Waals surface area contributed by atoms with Gasteiger partial charge >= 0.3 is 5.97 Å². The molecular formula is C37H47ClN2O6. The minimum atomic E-state index is -2.21. The normalized spacial score (nSPS) is 24.5. The van der Waals surface area contributed by atoms with Gasteiger partial charge in [-0.3, -0.25) is 4.79 Å². The fraction of sp³-hybridized carbons (Fsp3) is 0.514. The molecular weight excluding hydrogens is 604 g/mol. The molecule has 1 amide bonds. The van der Waals surface area contributed by atoms with Crippen LogP contribution in [0.2, 0.25) is 5.02 Å². The van der Waals surface area contributed by atoms with Crippen molar-refractivity contribution in [3.8, 4) is 5.75 Å². The molecule has 3 aliphatic rings. The zero-order valence-electron chi connectivity index (χ0n) is 27.2. The molecule has 2 N–H and O–H groups in total. The van der Waals surface area contributed by atoms with Crippen LogP contribution in [0.3, 0.4) is 0 Å².